The van der Waals surface area contributed by atoms with Crippen molar-refractivity contribution in [1.82, 2.24) is 4.90 Å². The maximum absolute atomic E-state index is 11.7. The highest BCUT2D eigenvalue weighted by Crippen LogP contribution is 2.11. The molecule has 0 radical (unpaired) electrons. The Balaban J connectivity index is 3.66. The van der Waals surface area contributed by atoms with Gasteiger partial charge in [-0.2, -0.15) is 0 Å². The van der Waals surface area contributed by atoms with E-state index in [1.807, 2.05) is 0 Å². The predicted molar refractivity (Wildman–Crippen MR) is 95.8 cm³/mol. The Labute approximate surface area is 146 Å². The van der Waals surface area contributed by atoms with Crippen LogP contribution < -0.4 is 0 Å². The lowest BCUT2D eigenvalue weighted by Crippen LogP contribution is -2.35. The van der Waals surface area contributed by atoms with Crippen LogP contribution in [0.1, 0.15) is 77.6 Å². The van der Waals surface area contributed by atoms with Gasteiger partial charge in [-0.25, -0.2) is 0 Å². The highest BCUT2D eigenvalue weighted by atomic mass is 35.5. The summed E-state index contributed by atoms with van der Waals surface area (Å²) < 4.78 is 4.61. The number of halogens is 1. The van der Waals surface area contributed by atoms with Gasteiger partial charge in [-0.05, 0) is 6.42 Å². The summed E-state index contributed by atoms with van der Waals surface area (Å²) in [6, 6.07) is 0. The fourth-order valence-electron chi connectivity index (χ4n) is 2.56. The van der Waals surface area contributed by atoms with Crippen LogP contribution in [-0.2, 0) is 14.3 Å². The Kier molecular flexibility index (Phi) is 15.6. The second-order valence-electron chi connectivity index (χ2n) is 6.02. The van der Waals surface area contributed by atoms with Gasteiger partial charge < -0.3 is 9.64 Å². The van der Waals surface area contributed by atoms with E-state index in [2.05, 4.69) is 11.7 Å². The molecule has 0 rings (SSSR count). The molecule has 23 heavy (non-hydrogen) atoms. The van der Waals surface area contributed by atoms with Gasteiger partial charge in [-0.15, -0.1) is 11.6 Å². The Morgan fingerprint density at radius 1 is 0.870 bits per heavy atom. The number of unbranched alkanes of at least 4 members (excludes halogenated alkanes) is 9. The third-order valence-corrected chi connectivity index (χ3v) is 4.29. The van der Waals surface area contributed by atoms with E-state index in [0.29, 0.717) is 13.1 Å². The van der Waals surface area contributed by atoms with Crippen molar-refractivity contribution in [2.75, 3.05) is 26.1 Å². The zero-order valence-corrected chi connectivity index (χ0v) is 15.7. The van der Waals surface area contributed by atoms with Crippen molar-refractivity contribution in [2.45, 2.75) is 77.6 Å². The predicted octanol–water partition coefficient (Wildman–Crippen LogP) is 4.54. The lowest BCUT2D eigenvalue weighted by atomic mass is 10.1. The van der Waals surface area contributed by atoms with Crippen molar-refractivity contribution < 1.29 is 14.3 Å². The van der Waals surface area contributed by atoms with Crippen LogP contribution >= 0.6 is 11.6 Å². The van der Waals surface area contributed by atoms with Crippen LogP contribution in [0, 0.1) is 0 Å². The van der Waals surface area contributed by atoms with Crippen LogP contribution in [0.15, 0.2) is 0 Å². The molecule has 5 heteroatoms. The number of alkyl halides is 1. The van der Waals surface area contributed by atoms with E-state index in [9.17, 15) is 9.59 Å². The molecule has 0 spiro atoms. The number of amides is 1. The Bertz CT molecular complexity index is 311. The van der Waals surface area contributed by atoms with Crippen LogP contribution in [0.5, 0.6) is 0 Å². The molecule has 0 aliphatic carbocycles. The largest absolute Gasteiger partial charge is 0.469 e. The molecule has 0 heterocycles. The third kappa shape index (κ3) is 13.4. The second-order valence-corrected chi connectivity index (χ2v) is 6.29. The summed E-state index contributed by atoms with van der Waals surface area (Å²) >= 11 is 5.62. The van der Waals surface area contributed by atoms with Crippen LogP contribution in [-0.4, -0.2) is 42.9 Å². The van der Waals surface area contributed by atoms with Gasteiger partial charge in [0.1, 0.15) is 5.88 Å². The number of nitrogens with zero attached hydrogens (tertiary/aromatic N) is 1. The average molecular weight is 348 g/mol. The van der Waals surface area contributed by atoms with E-state index in [0.717, 1.165) is 12.8 Å². The van der Waals surface area contributed by atoms with Crippen molar-refractivity contribution >= 4 is 23.5 Å². The number of hydrogen-bond donors (Lipinski definition) is 0. The van der Waals surface area contributed by atoms with E-state index in [4.69, 9.17) is 11.6 Å². The molecule has 0 aliphatic rings. The number of hydrogen-bond acceptors (Lipinski definition) is 3. The normalized spacial score (nSPS) is 10.6. The summed E-state index contributed by atoms with van der Waals surface area (Å²) in [5, 5.41) is 0. The molecule has 0 aromatic heterocycles. The molecule has 0 aromatic carbocycles. The zero-order chi connectivity index (χ0) is 17.3. The summed E-state index contributed by atoms with van der Waals surface area (Å²) in [5.74, 6) is -0.425. The zero-order valence-electron chi connectivity index (χ0n) is 14.9. The fourth-order valence-corrected chi connectivity index (χ4v) is 2.73. The number of ether oxygens (including phenoxy) is 1. The van der Waals surface area contributed by atoms with E-state index >= 15 is 0 Å². The van der Waals surface area contributed by atoms with Crippen molar-refractivity contribution in [2.24, 2.45) is 0 Å². The van der Waals surface area contributed by atoms with Crippen LogP contribution in [0.3, 0.4) is 0 Å². The van der Waals surface area contributed by atoms with E-state index in [-0.39, 0.29) is 24.2 Å². The first kappa shape index (κ1) is 22.2. The highest BCUT2D eigenvalue weighted by Gasteiger charge is 2.13. The van der Waals surface area contributed by atoms with Crippen LogP contribution in [0.4, 0.5) is 0 Å². The topological polar surface area (TPSA) is 46.6 Å². The van der Waals surface area contributed by atoms with Crippen molar-refractivity contribution in [3.8, 4) is 0 Å². The lowest BCUT2D eigenvalue weighted by molar-refractivity contribution is -0.141. The monoisotopic (exact) mass is 347 g/mol. The smallest absolute Gasteiger partial charge is 0.307 e. The first-order chi connectivity index (χ1) is 11.2. The Morgan fingerprint density at radius 2 is 1.39 bits per heavy atom. The van der Waals surface area contributed by atoms with Gasteiger partial charge >= 0.3 is 5.97 Å². The fraction of sp³-hybridized carbons (Fsp3) is 0.889. The van der Waals surface area contributed by atoms with Gasteiger partial charge in [0.05, 0.1) is 13.5 Å². The first-order valence-electron chi connectivity index (χ1n) is 9.06. The highest BCUT2D eigenvalue weighted by molar-refractivity contribution is 6.27. The van der Waals surface area contributed by atoms with Crippen molar-refractivity contribution in [1.29, 1.82) is 0 Å². The minimum atomic E-state index is -0.291. The molecule has 0 fully saturated rings. The minimum absolute atomic E-state index is 0.0288. The second kappa shape index (κ2) is 16.1. The number of carbonyl (C=O) groups excluding carboxylic acids is 2. The molecular formula is C18H34ClNO3. The van der Waals surface area contributed by atoms with Crippen molar-refractivity contribution in [3.63, 3.8) is 0 Å². The molecule has 0 aliphatic heterocycles. The molecule has 1 amide bonds. The molecule has 136 valence electrons. The summed E-state index contributed by atoms with van der Waals surface area (Å²) in [6.45, 7) is 3.32. The number of carbonyl (C=O) groups is 2. The summed E-state index contributed by atoms with van der Waals surface area (Å²) in [5.41, 5.74) is 0. The van der Waals surface area contributed by atoms with Crippen LogP contribution in [0.2, 0.25) is 0 Å². The molecular weight excluding hydrogens is 314 g/mol. The van der Waals surface area contributed by atoms with Gasteiger partial charge in [-0.1, -0.05) is 64.7 Å². The summed E-state index contributed by atoms with van der Waals surface area (Å²) in [7, 11) is 1.36. The first-order valence-corrected chi connectivity index (χ1v) is 9.59. The van der Waals surface area contributed by atoms with Gasteiger partial charge in [-0.3, -0.25) is 9.59 Å². The average Bonchev–Trinajstić information content (AvgIpc) is 2.58. The number of rotatable bonds is 15. The SMILES string of the molecule is CCCCCCCCCCCCN(CCC(=O)OC)C(=O)CCl. The van der Waals surface area contributed by atoms with E-state index in [1.54, 1.807) is 4.90 Å². The minimum Gasteiger partial charge on any atom is -0.469 e. The molecule has 0 aromatic rings. The molecule has 4 nitrogen and oxygen atoms in total. The van der Waals surface area contributed by atoms with Crippen molar-refractivity contribution in [3.05, 3.63) is 0 Å². The standard InChI is InChI=1S/C18H34ClNO3/c1-3-4-5-6-7-8-9-10-11-12-14-20(17(21)16-19)15-13-18(22)23-2/h3-16H2,1-2H3. The maximum atomic E-state index is 11.7. The quantitative estimate of drug-likeness (QED) is 0.248. The van der Waals surface area contributed by atoms with Gasteiger partial charge in [0, 0.05) is 13.1 Å². The summed E-state index contributed by atoms with van der Waals surface area (Å²) in [6.07, 6.45) is 12.9. The van der Waals surface area contributed by atoms with Gasteiger partial charge in [0.15, 0.2) is 0 Å². The maximum Gasteiger partial charge on any atom is 0.307 e. The number of esters is 1. The van der Waals surface area contributed by atoms with Gasteiger partial charge in [0.2, 0.25) is 5.91 Å². The molecule has 0 atom stereocenters. The molecule has 0 saturated carbocycles. The number of methoxy groups -OCH3 is 1. The van der Waals surface area contributed by atoms with Gasteiger partial charge in [0.25, 0.3) is 0 Å². The molecule has 0 unspecified atom stereocenters. The lowest BCUT2D eigenvalue weighted by Gasteiger charge is -2.21. The van der Waals surface area contributed by atoms with Crippen LogP contribution in [0.25, 0.3) is 0 Å². The Morgan fingerprint density at radius 3 is 1.87 bits per heavy atom. The Hall–Kier alpha value is -0.770. The van der Waals surface area contributed by atoms with E-state index in [1.165, 1.54) is 58.5 Å². The molecule has 0 N–H and O–H groups in total. The summed E-state index contributed by atoms with van der Waals surface area (Å²) in [4.78, 5) is 24.6. The van der Waals surface area contributed by atoms with E-state index < -0.39 is 0 Å². The molecule has 0 bridgehead atoms. The third-order valence-electron chi connectivity index (χ3n) is 4.06. The molecule has 0 saturated heterocycles.